The zero-order valence-electron chi connectivity index (χ0n) is 12.3. The van der Waals surface area contributed by atoms with Crippen molar-refractivity contribution in [3.05, 3.63) is 17.7 Å². The average Bonchev–Trinajstić information content (AvgIpc) is 2.35. The fourth-order valence-electron chi connectivity index (χ4n) is 1.52. The number of methoxy groups -OCH3 is 2. The number of amides is 1. The van der Waals surface area contributed by atoms with E-state index >= 15 is 0 Å². The Morgan fingerprint density at radius 2 is 1.75 bits per heavy atom. The highest BCUT2D eigenvalue weighted by atomic mass is 16.6. The van der Waals surface area contributed by atoms with E-state index in [0.29, 0.717) is 29.0 Å². The zero-order chi connectivity index (χ0) is 15.3. The molecule has 6 heteroatoms. The molecular weight excluding hydrogens is 262 g/mol. The predicted octanol–water partition coefficient (Wildman–Crippen LogP) is 2.86. The number of hydrogen-bond acceptors (Lipinski definition) is 5. The smallest absolute Gasteiger partial charge is 0.412 e. The number of carbonyl (C=O) groups is 2. The average molecular weight is 281 g/mol. The largest absolute Gasteiger partial charge is 0.496 e. The van der Waals surface area contributed by atoms with Crippen molar-refractivity contribution in [2.45, 2.75) is 26.4 Å². The van der Waals surface area contributed by atoms with Gasteiger partial charge in [-0.25, -0.2) is 4.79 Å². The van der Waals surface area contributed by atoms with Gasteiger partial charge in [0.25, 0.3) is 0 Å². The summed E-state index contributed by atoms with van der Waals surface area (Å²) in [6.45, 7) is 5.29. The van der Waals surface area contributed by atoms with Crippen molar-refractivity contribution < 1.29 is 23.8 Å². The summed E-state index contributed by atoms with van der Waals surface area (Å²) in [6.07, 6.45) is 0.0372. The van der Waals surface area contributed by atoms with Crippen LogP contribution in [0.1, 0.15) is 31.1 Å². The summed E-state index contributed by atoms with van der Waals surface area (Å²) in [5, 5.41) is 2.56. The zero-order valence-corrected chi connectivity index (χ0v) is 12.3. The molecule has 0 aliphatic rings. The van der Waals surface area contributed by atoms with Gasteiger partial charge in [-0.1, -0.05) is 0 Å². The lowest BCUT2D eigenvalue weighted by molar-refractivity contribution is 0.0635. The Kier molecular flexibility index (Phi) is 4.96. The van der Waals surface area contributed by atoms with E-state index in [4.69, 9.17) is 14.2 Å². The molecule has 1 rings (SSSR count). The Bertz CT molecular complexity index is 505. The molecular formula is C14H19NO5. The van der Waals surface area contributed by atoms with Crippen LogP contribution in [0.15, 0.2) is 12.1 Å². The molecule has 1 aromatic rings. The third-order valence-corrected chi connectivity index (χ3v) is 2.31. The second-order valence-electron chi connectivity index (χ2n) is 5.04. The second kappa shape index (κ2) is 6.27. The maximum absolute atomic E-state index is 11.8. The van der Waals surface area contributed by atoms with Crippen LogP contribution in [0.5, 0.6) is 11.5 Å². The minimum atomic E-state index is -0.614. The van der Waals surface area contributed by atoms with E-state index in [1.165, 1.54) is 26.4 Å². The Morgan fingerprint density at radius 1 is 1.15 bits per heavy atom. The van der Waals surface area contributed by atoms with Gasteiger partial charge in [0.15, 0.2) is 6.29 Å². The Hall–Kier alpha value is -2.24. The molecule has 0 atom stereocenters. The number of ether oxygens (including phenoxy) is 3. The first-order valence-corrected chi connectivity index (χ1v) is 6.02. The van der Waals surface area contributed by atoms with Gasteiger partial charge in [-0.2, -0.15) is 0 Å². The minimum Gasteiger partial charge on any atom is -0.496 e. The van der Waals surface area contributed by atoms with Gasteiger partial charge in [-0.3, -0.25) is 10.1 Å². The van der Waals surface area contributed by atoms with E-state index in [-0.39, 0.29) is 0 Å². The first-order valence-electron chi connectivity index (χ1n) is 6.02. The van der Waals surface area contributed by atoms with Crippen molar-refractivity contribution in [1.29, 1.82) is 0 Å². The number of hydrogen-bond donors (Lipinski definition) is 1. The van der Waals surface area contributed by atoms with Crippen LogP contribution in [0.3, 0.4) is 0 Å². The molecule has 0 heterocycles. The minimum absolute atomic E-state index is 0.332. The molecule has 0 spiro atoms. The number of rotatable bonds is 4. The summed E-state index contributed by atoms with van der Waals surface area (Å²) >= 11 is 0. The molecule has 1 amide bonds. The summed E-state index contributed by atoms with van der Waals surface area (Å²) in [4.78, 5) is 22.7. The first-order chi connectivity index (χ1) is 9.30. The molecule has 0 aliphatic carbocycles. The van der Waals surface area contributed by atoms with Crippen LogP contribution in [0.4, 0.5) is 10.5 Å². The van der Waals surface area contributed by atoms with Crippen LogP contribution in [0.2, 0.25) is 0 Å². The number of carbonyl (C=O) groups excluding carboxylic acids is 2. The molecule has 20 heavy (non-hydrogen) atoms. The van der Waals surface area contributed by atoms with E-state index in [9.17, 15) is 9.59 Å². The molecule has 0 radical (unpaired) electrons. The number of benzene rings is 1. The van der Waals surface area contributed by atoms with Crippen molar-refractivity contribution in [3.63, 3.8) is 0 Å². The standard InChI is InChI=1S/C14H19NO5/c1-14(2,3)20-13(17)15-10-7-11(18-4)9(8-16)6-12(10)19-5/h6-8H,1-5H3,(H,15,17). The third kappa shape index (κ3) is 4.15. The van der Waals surface area contributed by atoms with Crippen molar-refractivity contribution in [1.82, 2.24) is 0 Å². The monoisotopic (exact) mass is 281 g/mol. The summed E-state index contributed by atoms with van der Waals surface area (Å²) < 4.78 is 15.4. The van der Waals surface area contributed by atoms with E-state index in [1.54, 1.807) is 20.8 Å². The molecule has 110 valence electrons. The summed E-state index contributed by atoms with van der Waals surface area (Å²) in [6, 6.07) is 2.99. The van der Waals surface area contributed by atoms with Gasteiger partial charge in [0, 0.05) is 6.07 Å². The first kappa shape index (κ1) is 15.8. The van der Waals surface area contributed by atoms with Crippen LogP contribution in [-0.2, 0) is 4.74 Å². The van der Waals surface area contributed by atoms with Crippen LogP contribution < -0.4 is 14.8 Å². The van der Waals surface area contributed by atoms with Crippen molar-refractivity contribution >= 4 is 18.1 Å². The third-order valence-electron chi connectivity index (χ3n) is 2.31. The van der Waals surface area contributed by atoms with Crippen molar-refractivity contribution in [3.8, 4) is 11.5 Å². The number of anilines is 1. The quantitative estimate of drug-likeness (QED) is 0.859. The molecule has 0 saturated heterocycles. The highest BCUT2D eigenvalue weighted by Crippen LogP contribution is 2.32. The summed E-state index contributed by atoms with van der Waals surface area (Å²) in [5.74, 6) is 0.686. The van der Waals surface area contributed by atoms with Gasteiger partial charge in [0.1, 0.15) is 17.1 Å². The van der Waals surface area contributed by atoms with E-state index < -0.39 is 11.7 Å². The van der Waals surface area contributed by atoms with Gasteiger partial charge in [0.2, 0.25) is 0 Å². The lowest BCUT2D eigenvalue weighted by Crippen LogP contribution is -2.27. The molecule has 1 aromatic carbocycles. The van der Waals surface area contributed by atoms with Crippen LogP contribution in [0, 0.1) is 0 Å². The molecule has 0 bridgehead atoms. The van der Waals surface area contributed by atoms with Gasteiger partial charge < -0.3 is 14.2 Å². The molecule has 0 aliphatic heterocycles. The van der Waals surface area contributed by atoms with E-state index in [2.05, 4.69) is 5.32 Å². The topological polar surface area (TPSA) is 73.9 Å². The van der Waals surface area contributed by atoms with Crippen LogP contribution in [0.25, 0.3) is 0 Å². The molecule has 0 fully saturated rings. The molecule has 0 aromatic heterocycles. The Morgan fingerprint density at radius 3 is 2.20 bits per heavy atom. The Balaban J connectivity index is 3.05. The summed E-state index contributed by atoms with van der Waals surface area (Å²) in [5.41, 5.74) is 0.0905. The van der Waals surface area contributed by atoms with E-state index in [0.717, 1.165) is 0 Å². The van der Waals surface area contributed by atoms with Crippen LogP contribution >= 0.6 is 0 Å². The fourth-order valence-corrected chi connectivity index (χ4v) is 1.52. The van der Waals surface area contributed by atoms with Gasteiger partial charge in [-0.15, -0.1) is 0 Å². The maximum Gasteiger partial charge on any atom is 0.412 e. The highest BCUT2D eigenvalue weighted by Gasteiger charge is 2.18. The van der Waals surface area contributed by atoms with Crippen molar-refractivity contribution in [2.75, 3.05) is 19.5 Å². The number of aldehydes is 1. The summed E-state index contributed by atoms with van der Waals surface area (Å²) in [7, 11) is 2.88. The van der Waals surface area contributed by atoms with Gasteiger partial charge in [-0.05, 0) is 26.8 Å². The van der Waals surface area contributed by atoms with Gasteiger partial charge in [0.05, 0.1) is 25.5 Å². The van der Waals surface area contributed by atoms with Crippen molar-refractivity contribution in [2.24, 2.45) is 0 Å². The normalized spacial score (nSPS) is 10.7. The molecule has 1 N–H and O–H groups in total. The second-order valence-corrected chi connectivity index (χ2v) is 5.04. The maximum atomic E-state index is 11.8. The fraction of sp³-hybridized carbons (Fsp3) is 0.429. The molecule has 0 unspecified atom stereocenters. The van der Waals surface area contributed by atoms with Crippen LogP contribution in [-0.4, -0.2) is 32.2 Å². The Labute approximate surface area is 118 Å². The lowest BCUT2D eigenvalue weighted by Gasteiger charge is -2.20. The highest BCUT2D eigenvalue weighted by molar-refractivity contribution is 5.90. The SMILES string of the molecule is COc1cc(NC(=O)OC(C)(C)C)c(OC)cc1C=O. The predicted molar refractivity (Wildman–Crippen MR) is 74.8 cm³/mol. The number of nitrogens with one attached hydrogen (secondary N) is 1. The van der Waals surface area contributed by atoms with Gasteiger partial charge >= 0.3 is 6.09 Å². The van der Waals surface area contributed by atoms with E-state index in [1.807, 2.05) is 0 Å². The molecule has 0 saturated carbocycles. The molecule has 6 nitrogen and oxygen atoms in total. The lowest BCUT2D eigenvalue weighted by atomic mass is 10.1.